The van der Waals surface area contributed by atoms with Crippen LogP contribution in [0.15, 0.2) is 11.6 Å². The Morgan fingerprint density at radius 1 is 1.41 bits per heavy atom. The predicted molar refractivity (Wildman–Crippen MR) is 83.0 cm³/mol. The van der Waals surface area contributed by atoms with Crippen LogP contribution in [0.4, 0.5) is 4.39 Å². The lowest BCUT2D eigenvalue weighted by molar-refractivity contribution is -0.172. The molecular formula is C18H28FNO2. The maximum atomic E-state index is 14.3. The molecule has 3 nitrogen and oxygen atoms in total. The van der Waals surface area contributed by atoms with E-state index in [1.807, 2.05) is 0 Å². The molecule has 0 aromatic rings. The summed E-state index contributed by atoms with van der Waals surface area (Å²) >= 11 is 0. The fourth-order valence-electron chi connectivity index (χ4n) is 5.87. The largest absolute Gasteiger partial charge is 0.393 e. The van der Waals surface area contributed by atoms with E-state index in [4.69, 9.17) is 10.5 Å². The van der Waals surface area contributed by atoms with Crippen molar-refractivity contribution in [2.24, 2.45) is 28.4 Å². The first-order chi connectivity index (χ1) is 10.4. The molecule has 0 spiro atoms. The molecule has 0 radical (unpaired) electrons. The van der Waals surface area contributed by atoms with Crippen LogP contribution < -0.4 is 5.73 Å². The van der Waals surface area contributed by atoms with Gasteiger partial charge < -0.3 is 15.6 Å². The van der Waals surface area contributed by atoms with Gasteiger partial charge in [0.15, 0.2) is 0 Å². The van der Waals surface area contributed by atoms with Gasteiger partial charge in [-0.3, -0.25) is 0 Å². The predicted octanol–water partition coefficient (Wildman–Crippen LogP) is 2.57. The summed E-state index contributed by atoms with van der Waals surface area (Å²) in [5.41, 5.74) is 7.32. The minimum absolute atomic E-state index is 0.0158. The summed E-state index contributed by atoms with van der Waals surface area (Å²) in [4.78, 5) is 0. The summed E-state index contributed by atoms with van der Waals surface area (Å²) in [6, 6.07) is -0.398. The van der Waals surface area contributed by atoms with Crippen LogP contribution in [0, 0.1) is 22.7 Å². The number of hydrogen-bond donors (Lipinski definition) is 2. The van der Waals surface area contributed by atoms with Crippen LogP contribution in [0.25, 0.3) is 0 Å². The Balaban J connectivity index is 1.68. The monoisotopic (exact) mass is 309 g/mol. The van der Waals surface area contributed by atoms with E-state index in [0.717, 1.165) is 25.7 Å². The Kier molecular flexibility index (Phi) is 3.28. The van der Waals surface area contributed by atoms with E-state index in [2.05, 4.69) is 19.9 Å². The second kappa shape index (κ2) is 4.78. The van der Waals surface area contributed by atoms with Crippen molar-refractivity contribution in [1.82, 2.24) is 0 Å². The second-order valence-corrected chi connectivity index (χ2v) is 8.56. The third-order valence-electron chi connectivity index (χ3n) is 7.41. The Hall–Kier alpha value is -0.450. The first-order valence-corrected chi connectivity index (χ1v) is 8.75. The van der Waals surface area contributed by atoms with Gasteiger partial charge in [-0.05, 0) is 43.9 Å². The van der Waals surface area contributed by atoms with Gasteiger partial charge in [-0.2, -0.15) is 0 Å². The summed E-state index contributed by atoms with van der Waals surface area (Å²) in [5.74, 6) is 0.687. The van der Waals surface area contributed by atoms with E-state index in [0.29, 0.717) is 24.9 Å². The van der Waals surface area contributed by atoms with Crippen molar-refractivity contribution in [2.45, 2.75) is 70.4 Å². The van der Waals surface area contributed by atoms with E-state index in [1.54, 1.807) is 0 Å². The number of nitrogens with two attached hydrogens (primary N) is 1. The maximum absolute atomic E-state index is 14.3. The summed E-state index contributed by atoms with van der Waals surface area (Å²) in [7, 11) is 0. The summed E-state index contributed by atoms with van der Waals surface area (Å²) in [6.07, 6.45) is 5.49. The summed E-state index contributed by atoms with van der Waals surface area (Å²) < 4.78 is 20.6. The van der Waals surface area contributed by atoms with Crippen LogP contribution in [0.5, 0.6) is 0 Å². The van der Waals surface area contributed by atoms with Crippen molar-refractivity contribution in [2.75, 3.05) is 6.61 Å². The fourth-order valence-corrected chi connectivity index (χ4v) is 5.87. The normalized spacial score (nSPS) is 57.6. The molecule has 4 aliphatic rings. The topological polar surface area (TPSA) is 55.5 Å². The number of allylic oxidation sites excluding steroid dienone is 1. The molecule has 22 heavy (non-hydrogen) atoms. The number of fused-ring (bicyclic) bond motifs is 5. The minimum atomic E-state index is -0.899. The molecule has 8 atom stereocenters. The molecular weight excluding hydrogens is 281 g/mol. The molecule has 0 aromatic heterocycles. The molecule has 0 bridgehead atoms. The molecule has 0 amide bonds. The molecule has 0 aromatic carbocycles. The van der Waals surface area contributed by atoms with Gasteiger partial charge in [0.1, 0.15) is 6.17 Å². The molecule has 1 heterocycles. The Bertz CT molecular complexity index is 509. The molecule has 3 aliphatic carbocycles. The number of aliphatic hydroxyl groups excluding tert-OH is 1. The average Bonchev–Trinajstić information content (AvgIpc) is 2.72. The zero-order valence-electron chi connectivity index (χ0n) is 13.6. The number of halogens is 1. The molecule has 1 aliphatic heterocycles. The first kappa shape index (κ1) is 15.1. The van der Waals surface area contributed by atoms with Crippen LogP contribution in [0.1, 0.15) is 46.0 Å². The van der Waals surface area contributed by atoms with Crippen LogP contribution in [-0.2, 0) is 4.74 Å². The van der Waals surface area contributed by atoms with Crippen LogP contribution in [0.2, 0.25) is 0 Å². The van der Waals surface area contributed by atoms with Crippen LogP contribution in [-0.4, -0.2) is 36.1 Å². The first-order valence-electron chi connectivity index (χ1n) is 8.75. The number of alkyl halides is 1. The van der Waals surface area contributed by atoms with Crippen LogP contribution in [0.3, 0.4) is 0 Å². The average molecular weight is 309 g/mol. The lowest BCUT2D eigenvalue weighted by Gasteiger charge is -2.56. The highest BCUT2D eigenvalue weighted by Gasteiger charge is 2.61. The number of aliphatic hydroxyl groups is 1. The molecule has 124 valence electrons. The zero-order valence-corrected chi connectivity index (χ0v) is 13.6. The van der Waals surface area contributed by atoms with Crippen molar-refractivity contribution in [3.63, 3.8) is 0 Å². The molecule has 4 heteroatoms. The number of hydrogen-bond acceptors (Lipinski definition) is 3. The van der Waals surface area contributed by atoms with Gasteiger partial charge in [0.25, 0.3) is 0 Å². The van der Waals surface area contributed by atoms with Gasteiger partial charge in [-0.25, -0.2) is 4.39 Å². The lowest BCUT2D eigenvalue weighted by Crippen LogP contribution is -2.58. The molecule has 4 rings (SSSR count). The maximum Gasteiger partial charge on any atom is 0.116 e. The van der Waals surface area contributed by atoms with Gasteiger partial charge in [-0.1, -0.05) is 25.5 Å². The van der Waals surface area contributed by atoms with Gasteiger partial charge >= 0.3 is 0 Å². The van der Waals surface area contributed by atoms with E-state index in [-0.39, 0.29) is 23.0 Å². The van der Waals surface area contributed by atoms with Crippen molar-refractivity contribution >= 4 is 0 Å². The molecule has 2 saturated carbocycles. The van der Waals surface area contributed by atoms with Gasteiger partial charge in [-0.15, -0.1) is 0 Å². The summed E-state index contributed by atoms with van der Waals surface area (Å²) in [6.45, 7) is 4.97. The third-order valence-corrected chi connectivity index (χ3v) is 7.41. The highest BCUT2D eigenvalue weighted by molar-refractivity contribution is 5.26. The van der Waals surface area contributed by atoms with E-state index in [9.17, 15) is 9.50 Å². The van der Waals surface area contributed by atoms with Gasteiger partial charge in [0.05, 0.1) is 18.8 Å². The lowest BCUT2D eigenvalue weighted by atomic mass is 9.55. The van der Waals surface area contributed by atoms with Crippen LogP contribution >= 0.6 is 0 Å². The molecule has 3 N–H and O–H groups in total. The SMILES string of the molecule is C[C@]12CCC(O)CC1=CC[C@@H]1[C@H]2OC[C@]2(C)C(N)C(F)C[C@@H]12. The quantitative estimate of drug-likeness (QED) is 0.676. The fraction of sp³-hybridized carbons (Fsp3) is 0.889. The molecule has 3 fully saturated rings. The smallest absolute Gasteiger partial charge is 0.116 e. The van der Waals surface area contributed by atoms with Crippen molar-refractivity contribution < 1.29 is 14.2 Å². The van der Waals surface area contributed by atoms with E-state index in [1.165, 1.54) is 5.57 Å². The van der Waals surface area contributed by atoms with Crippen molar-refractivity contribution in [3.05, 3.63) is 11.6 Å². The Labute approximate surface area is 132 Å². The highest BCUT2D eigenvalue weighted by atomic mass is 19.1. The zero-order chi connectivity index (χ0) is 15.7. The Morgan fingerprint density at radius 3 is 2.95 bits per heavy atom. The molecule has 3 unspecified atom stereocenters. The third kappa shape index (κ3) is 1.83. The van der Waals surface area contributed by atoms with Crippen molar-refractivity contribution in [3.8, 4) is 0 Å². The Morgan fingerprint density at radius 2 is 2.18 bits per heavy atom. The number of ether oxygens (including phenoxy) is 1. The van der Waals surface area contributed by atoms with Gasteiger partial charge in [0.2, 0.25) is 0 Å². The second-order valence-electron chi connectivity index (χ2n) is 8.56. The van der Waals surface area contributed by atoms with E-state index >= 15 is 0 Å². The molecule has 1 saturated heterocycles. The number of rotatable bonds is 0. The van der Waals surface area contributed by atoms with Crippen molar-refractivity contribution in [1.29, 1.82) is 0 Å². The summed E-state index contributed by atoms with van der Waals surface area (Å²) in [5, 5.41) is 9.97. The minimum Gasteiger partial charge on any atom is -0.393 e. The van der Waals surface area contributed by atoms with Gasteiger partial charge in [0, 0.05) is 16.9 Å². The van der Waals surface area contributed by atoms with E-state index < -0.39 is 12.2 Å². The standard InChI is InChI=1S/C18H28FNO2/c1-17-6-5-11(21)7-10(17)3-4-12-13-8-14(19)15(20)18(13,2)9-22-16(12)17/h3,11-16,21H,4-9,20H2,1-2H3/t11?,12-,13-,14?,15?,16+,17-,18-/m0/s1. The highest BCUT2D eigenvalue weighted by Crippen LogP contribution is 2.60.